The van der Waals surface area contributed by atoms with Gasteiger partial charge in [0, 0.05) is 5.71 Å². The van der Waals surface area contributed by atoms with Gasteiger partial charge in [-0.15, -0.1) is 0 Å². The fourth-order valence-corrected chi connectivity index (χ4v) is 3.20. The number of para-hydroxylation sites is 1. The molecule has 0 amide bonds. The Kier molecular flexibility index (Phi) is 4.22. The summed E-state index contributed by atoms with van der Waals surface area (Å²) in [6.45, 7) is 6.13. The van der Waals surface area contributed by atoms with Gasteiger partial charge in [0.05, 0.1) is 17.3 Å². The first-order valence-corrected chi connectivity index (χ1v) is 8.17. The van der Waals surface area contributed by atoms with Gasteiger partial charge in [0.1, 0.15) is 0 Å². The summed E-state index contributed by atoms with van der Waals surface area (Å²) in [5.41, 5.74) is 3.78. The molecule has 0 radical (unpaired) electrons. The molecule has 1 atom stereocenters. The fourth-order valence-electron chi connectivity index (χ4n) is 3.20. The molecule has 1 heterocycles. The maximum absolute atomic E-state index is 10.8. The average Bonchev–Trinajstić information content (AvgIpc) is 3.06. The molecular formula is C20H24N2O. The second-order valence-corrected chi connectivity index (χ2v) is 6.75. The lowest BCUT2D eigenvalue weighted by atomic mass is 9.91. The van der Waals surface area contributed by atoms with E-state index in [1.54, 1.807) is 0 Å². The molecule has 2 aromatic carbocycles. The number of benzene rings is 2. The van der Waals surface area contributed by atoms with Crippen LogP contribution in [0.3, 0.4) is 0 Å². The topological polar surface area (TPSA) is 35.8 Å². The number of rotatable bonds is 4. The molecule has 0 saturated heterocycles. The zero-order chi connectivity index (χ0) is 16.4. The Hall–Kier alpha value is -2.13. The summed E-state index contributed by atoms with van der Waals surface area (Å²) in [4.78, 5) is 4.92. The van der Waals surface area contributed by atoms with Crippen LogP contribution >= 0.6 is 0 Å². The van der Waals surface area contributed by atoms with Gasteiger partial charge in [-0.1, -0.05) is 48.5 Å². The first-order chi connectivity index (χ1) is 11.0. The minimum atomic E-state index is -0.456. The van der Waals surface area contributed by atoms with Crippen LogP contribution in [-0.4, -0.2) is 22.5 Å². The van der Waals surface area contributed by atoms with Crippen LogP contribution < -0.4 is 5.06 Å². The summed E-state index contributed by atoms with van der Waals surface area (Å²) < 4.78 is 0. The third-order valence-electron chi connectivity index (χ3n) is 4.78. The van der Waals surface area contributed by atoms with Crippen molar-refractivity contribution < 1.29 is 5.21 Å². The smallest absolute Gasteiger partial charge is 0.0838 e. The number of anilines is 1. The largest absolute Gasteiger partial charge is 0.288 e. The lowest BCUT2D eigenvalue weighted by molar-refractivity contribution is 0.150. The Bertz CT molecular complexity index is 707. The molecule has 120 valence electrons. The van der Waals surface area contributed by atoms with Crippen LogP contribution in [0.25, 0.3) is 0 Å². The highest BCUT2D eigenvalue weighted by Gasteiger charge is 2.38. The lowest BCUT2D eigenvalue weighted by Crippen LogP contribution is -2.50. The van der Waals surface area contributed by atoms with E-state index in [9.17, 15) is 5.21 Å². The van der Waals surface area contributed by atoms with E-state index in [2.05, 4.69) is 26.0 Å². The Balaban J connectivity index is 1.86. The molecule has 0 aliphatic carbocycles. The van der Waals surface area contributed by atoms with Crippen molar-refractivity contribution >= 4 is 11.4 Å². The first kappa shape index (κ1) is 15.8. The maximum atomic E-state index is 10.8. The van der Waals surface area contributed by atoms with Crippen LogP contribution in [0.2, 0.25) is 0 Å². The van der Waals surface area contributed by atoms with Crippen LogP contribution in [0.4, 0.5) is 5.69 Å². The van der Waals surface area contributed by atoms with Crippen molar-refractivity contribution in [2.24, 2.45) is 4.99 Å². The van der Waals surface area contributed by atoms with E-state index in [4.69, 9.17) is 4.99 Å². The van der Waals surface area contributed by atoms with Crippen LogP contribution in [0.5, 0.6) is 0 Å². The van der Waals surface area contributed by atoms with E-state index >= 15 is 0 Å². The van der Waals surface area contributed by atoms with Crippen LogP contribution in [-0.2, 0) is 0 Å². The lowest BCUT2D eigenvalue weighted by Gasteiger charge is -2.39. The maximum Gasteiger partial charge on any atom is 0.0838 e. The Labute approximate surface area is 138 Å². The molecule has 1 aliphatic rings. The van der Waals surface area contributed by atoms with Crippen molar-refractivity contribution in [1.29, 1.82) is 0 Å². The average molecular weight is 308 g/mol. The van der Waals surface area contributed by atoms with Crippen molar-refractivity contribution in [1.82, 2.24) is 0 Å². The molecule has 23 heavy (non-hydrogen) atoms. The minimum Gasteiger partial charge on any atom is -0.288 e. The quantitative estimate of drug-likeness (QED) is 0.837. The standard InChI is InChI=1S/C20H24N2O/c1-15-9-7-8-12-18(15)22(23)20(2,3)19-14-13-17(21-19)16-10-5-4-6-11-16/h4-12,19,23H,13-14H2,1-3H3. The normalized spacial score (nSPS) is 17.9. The highest BCUT2D eigenvalue weighted by atomic mass is 16.5. The molecule has 1 aliphatic heterocycles. The molecule has 0 spiro atoms. The predicted octanol–water partition coefficient (Wildman–Crippen LogP) is 4.62. The van der Waals surface area contributed by atoms with E-state index in [0.717, 1.165) is 29.8 Å². The molecule has 2 aromatic rings. The van der Waals surface area contributed by atoms with Gasteiger partial charge in [-0.2, -0.15) is 0 Å². The Morgan fingerprint density at radius 3 is 2.39 bits per heavy atom. The van der Waals surface area contributed by atoms with Gasteiger partial charge in [-0.25, -0.2) is 5.06 Å². The van der Waals surface area contributed by atoms with Gasteiger partial charge in [0.2, 0.25) is 0 Å². The van der Waals surface area contributed by atoms with E-state index < -0.39 is 5.54 Å². The third kappa shape index (κ3) is 3.02. The number of aryl methyl sites for hydroxylation is 1. The molecule has 3 heteroatoms. The van der Waals surface area contributed by atoms with Crippen molar-refractivity contribution in [3.8, 4) is 0 Å². The monoisotopic (exact) mass is 308 g/mol. The summed E-state index contributed by atoms with van der Waals surface area (Å²) in [6, 6.07) is 18.3. The predicted molar refractivity (Wildman–Crippen MR) is 95.5 cm³/mol. The van der Waals surface area contributed by atoms with Crippen LogP contribution in [0, 0.1) is 6.92 Å². The molecule has 0 aromatic heterocycles. The van der Waals surface area contributed by atoms with Gasteiger partial charge >= 0.3 is 0 Å². The molecule has 0 fully saturated rings. The SMILES string of the molecule is Cc1ccccc1N(O)C(C)(C)C1CCC(c2ccccc2)=N1. The van der Waals surface area contributed by atoms with E-state index in [-0.39, 0.29) is 6.04 Å². The van der Waals surface area contributed by atoms with E-state index in [1.807, 2.05) is 49.4 Å². The van der Waals surface area contributed by atoms with Crippen LogP contribution in [0.1, 0.15) is 37.8 Å². The summed E-state index contributed by atoms with van der Waals surface area (Å²) in [6.07, 6.45) is 1.92. The zero-order valence-corrected chi connectivity index (χ0v) is 14.0. The number of hydrogen-bond donors (Lipinski definition) is 1. The van der Waals surface area contributed by atoms with Gasteiger partial charge in [-0.3, -0.25) is 10.2 Å². The van der Waals surface area contributed by atoms with Crippen molar-refractivity contribution in [2.45, 2.75) is 45.2 Å². The number of hydrogen-bond acceptors (Lipinski definition) is 3. The molecule has 0 bridgehead atoms. The second-order valence-electron chi connectivity index (χ2n) is 6.75. The molecule has 3 nitrogen and oxygen atoms in total. The highest BCUT2D eigenvalue weighted by Crippen LogP contribution is 2.34. The Morgan fingerprint density at radius 1 is 1.04 bits per heavy atom. The first-order valence-electron chi connectivity index (χ1n) is 8.17. The van der Waals surface area contributed by atoms with E-state index in [1.165, 1.54) is 10.6 Å². The summed E-state index contributed by atoms with van der Waals surface area (Å²) in [7, 11) is 0. The molecular weight excluding hydrogens is 284 g/mol. The van der Waals surface area contributed by atoms with Gasteiger partial charge in [0.15, 0.2) is 0 Å². The van der Waals surface area contributed by atoms with E-state index in [0.29, 0.717) is 0 Å². The number of hydroxylamine groups is 1. The zero-order valence-electron chi connectivity index (χ0n) is 14.0. The van der Waals surface area contributed by atoms with Crippen molar-refractivity contribution in [3.63, 3.8) is 0 Å². The molecule has 3 rings (SSSR count). The van der Waals surface area contributed by atoms with Gasteiger partial charge in [0.25, 0.3) is 0 Å². The summed E-state index contributed by atoms with van der Waals surface area (Å²) in [5, 5.41) is 12.2. The van der Waals surface area contributed by atoms with Crippen molar-refractivity contribution in [2.75, 3.05) is 5.06 Å². The third-order valence-corrected chi connectivity index (χ3v) is 4.78. The second kappa shape index (κ2) is 6.17. The molecule has 1 N–H and O–H groups in total. The molecule has 1 unspecified atom stereocenters. The highest BCUT2D eigenvalue weighted by molar-refractivity contribution is 6.01. The summed E-state index contributed by atoms with van der Waals surface area (Å²) >= 11 is 0. The number of aliphatic imine (C=N–C) groups is 1. The van der Waals surface area contributed by atoms with Crippen LogP contribution in [0.15, 0.2) is 59.6 Å². The van der Waals surface area contributed by atoms with Gasteiger partial charge in [-0.05, 0) is 50.8 Å². The van der Waals surface area contributed by atoms with Gasteiger partial charge < -0.3 is 0 Å². The summed E-state index contributed by atoms with van der Waals surface area (Å²) in [5.74, 6) is 0. The number of nitrogens with zero attached hydrogens (tertiary/aromatic N) is 2. The molecule has 0 saturated carbocycles. The fraction of sp³-hybridized carbons (Fsp3) is 0.350. The minimum absolute atomic E-state index is 0.0716. The Morgan fingerprint density at radius 2 is 1.70 bits per heavy atom. The van der Waals surface area contributed by atoms with Crippen molar-refractivity contribution in [3.05, 3.63) is 65.7 Å².